The molecule has 0 aliphatic carbocycles. The minimum absolute atomic E-state index is 0.0181. The maximum atomic E-state index is 12.8. The van der Waals surface area contributed by atoms with Crippen molar-refractivity contribution in [2.75, 3.05) is 13.1 Å². The van der Waals surface area contributed by atoms with E-state index in [1.54, 1.807) is 11.8 Å². The van der Waals surface area contributed by atoms with Crippen LogP contribution >= 0.6 is 0 Å². The van der Waals surface area contributed by atoms with E-state index in [2.05, 4.69) is 14.7 Å². The van der Waals surface area contributed by atoms with E-state index in [9.17, 15) is 22.8 Å². The molecule has 3 rings (SSSR count). The molecule has 1 aliphatic rings. The molecule has 11 heteroatoms. The number of likely N-dealkylation sites (tertiary alicyclic amines) is 1. The van der Waals surface area contributed by atoms with Crippen LogP contribution in [0, 0.1) is 6.92 Å². The summed E-state index contributed by atoms with van der Waals surface area (Å²) in [7, 11) is 0. The lowest BCUT2D eigenvalue weighted by molar-refractivity contribution is -0.274. The Labute approximate surface area is 175 Å². The Balaban J connectivity index is 1.58. The van der Waals surface area contributed by atoms with Gasteiger partial charge < -0.3 is 25.1 Å². The molecule has 1 aliphatic heterocycles. The highest BCUT2D eigenvalue weighted by molar-refractivity contribution is 6.18. The molecule has 0 spiro atoms. The number of halogens is 3. The van der Waals surface area contributed by atoms with Gasteiger partial charge in [0.05, 0.1) is 11.3 Å². The number of nitrogens with zero attached hydrogens (tertiary/aromatic N) is 2. The lowest BCUT2D eigenvalue weighted by Crippen LogP contribution is -2.42. The molecule has 0 unspecified atom stereocenters. The summed E-state index contributed by atoms with van der Waals surface area (Å²) in [6, 6.07) is 5.13. The molecular weight excluding hydrogens is 417 g/mol. The van der Waals surface area contributed by atoms with Crippen molar-refractivity contribution < 1.29 is 27.4 Å². The Hall–Kier alpha value is -3.50. The Morgan fingerprint density at radius 2 is 1.84 bits per heavy atom. The SMILES string of the molecule is Cc1c[nH]c(=O)c(C(=CN)C(=O)N2CCC(Oc3ccc(OC(F)(F)F)cc3)CC2)n1. The molecule has 0 atom stereocenters. The molecule has 1 saturated heterocycles. The van der Waals surface area contributed by atoms with Crippen molar-refractivity contribution in [2.24, 2.45) is 5.73 Å². The summed E-state index contributed by atoms with van der Waals surface area (Å²) in [5, 5.41) is 0. The molecule has 2 heterocycles. The second kappa shape index (κ2) is 9.11. The number of nitrogens with two attached hydrogens (primary N) is 1. The normalized spacial score (nSPS) is 15.6. The number of benzene rings is 1. The third-order valence-electron chi connectivity index (χ3n) is 4.66. The molecule has 31 heavy (non-hydrogen) atoms. The third-order valence-corrected chi connectivity index (χ3v) is 4.66. The number of aromatic amines is 1. The van der Waals surface area contributed by atoms with Crippen molar-refractivity contribution in [1.29, 1.82) is 0 Å². The van der Waals surface area contributed by atoms with Crippen molar-refractivity contribution in [3.8, 4) is 11.5 Å². The maximum Gasteiger partial charge on any atom is 0.573 e. The smallest absolute Gasteiger partial charge is 0.490 e. The molecule has 0 radical (unpaired) electrons. The molecule has 1 aromatic heterocycles. The highest BCUT2D eigenvalue weighted by Crippen LogP contribution is 2.26. The van der Waals surface area contributed by atoms with E-state index >= 15 is 0 Å². The Kier molecular flexibility index (Phi) is 6.52. The first-order valence-electron chi connectivity index (χ1n) is 9.46. The maximum absolute atomic E-state index is 12.8. The monoisotopic (exact) mass is 438 g/mol. The van der Waals surface area contributed by atoms with E-state index in [0.29, 0.717) is 37.4 Å². The number of ether oxygens (including phenoxy) is 2. The number of piperidine rings is 1. The van der Waals surface area contributed by atoms with Crippen LogP contribution in [0.15, 0.2) is 41.5 Å². The molecule has 1 aromatic carbocycles. The molecule has 0 saturated carbocycles. The van der Waals surface area contributed by atoms with Crippen LogP contribution in [0.4, 0.5) is 13.2 Å². The Bertz CT molecular complexity index is 1010. The van der Waals surface area contributed by atoms with Gasteiger partial charge in [-0.15, -0.1) is 13.2 Å². The first kappa shape index (κ1) is 22.2. The number of hydrogen-bond acceptors (Lipinski definition) is 6. The van der Waals surface area contributed by atoms with E-state index in [0.717, 1.165) is 6.20 Å². The molecular formula is C20H21F3N4O4. The van der Waals surface area contributed by atoms with E-state index in [1.165, 1.54) is 30.5 Å². The number of aromatic nitrogens is 2. The largest absolute Gasteiger partial charge is 0.573 e. The topological polar surface area (TPSA) is 111 Å². The lowest BCUT2D eigenvalue weighted by Gasteiger charge is -2.32. The second-order valence-corrected chi connectivity index (χ2v) is 6.93. The summed E-state index contributed by atoms with van der Waals surface area (Å²) in [4.78, 5) is 33.1. The van der Waals surface area contributed by atoms with E-state index in [-0.39, 0.29) is 23.1 Å². The van der Waals surface area contributed by atoms with Crippen LogP contribution in [0.1, 0.15) is 24.2 Å². The van der Waals surface area contributed by atoms with Gasteiger partial charge in [0.15, 0.2) is 0 Å². The van der Waals surface area contributed by atoms with Gasteiger partial charge in [0.2, 0.25) is 0 Å². The number of carbonyl (C=O) groups is 1. The zero-order valence-electron chi connectivity index (χ0n) is 16.6. The zero-order valence-corrected chi connectivity index (χ0v) is 16.6. The minimum atomic E-state index is -4.75. The predicted octanol–water partition coefficient (Wildman–Crippen LogP) is 2.35. The fourth-order valence-corrected chi connectivity index (χ4v) is 3.19. The van der Waals surface area contributed by atoms with Gasteiger partial charge in [0, 0.05) is 38.3 Å². The summed E-state index contributed by atoms with van der Waals surface area (Å²) in [6.07, 6.45) is -1.45. The summed E-state index contributed by atoms with van der Waals surface area (Å²) in [5.74, 6) is -0.336. The number of carbonyl (C=O) groups excluding carboxylic acids is 1. The first-order chi connectivity index (χ1) is 14.7. The van der Waals surface area contributed by atoms with Crippen LogP contribution in [0.25, 0.3) is 5.57 Å². The van der Waals surface area contributed by atoms with Gasteiger partial charge in [-0.3, -0.25) is 9.59 Å². The number of rotatable bonds is 5. The molecule has 2 aromatic rings. The van der Waals surface area contributed by atoms with E-state index in [1.807, 2.05) is 0 Å². The van der Waals surface area contributed by atoms with Crippen molar-refractivity contribution in [3.05, 3.63) is 58.4 Å². The van der Waals surface area contributed by atoms with E-state index < -0.39 is 17.8 Å². The average molecular weight is 438 g/mol. The van der Waals surface area contributed by atoms with Crippen LogP contribution in [-0.4, -0.2) is 46.3 Å². The number of hydrogen-bond donors (Lipinski definition) is 2. The highest BCUT2D eigenvalue weighted by atomic mass is 19.4. The van der Waals surface area contributed by atoms with Gasteiger partial charge >= 0.3 is 6.36 Å². The van der Waals surface area contributed by atoms with Gasteiger partial charge in [-0.2, -0.15) is 0 Å². The van der Waals surface area contributed by atoms with Crippen molar-refractivity contribution in [1.82, 2.24) is 14.9 Å². The van der Waals surface area contributed by atoms with Gasteiger partial charge in [-0.1, -0.05) is 0 Å². The number of amides is 1. The van der Waals surface area contributed by atoms with Crippen LogP contribution in [0.5, 0.6) is 11.5 Å². The third kappa shape index (κ3) is 5.77. The second-order valence-electron chi connectivity index (χ2n) is 6.93. The van der Waals surface area contributed by atoms with Crippen LogP contribution in [0.3, 0.4) is 0 Å². The van der Waals surface area contributed by atoms with Gasteiger partial charge in [0.25, 0.3) is 11.5 Å². The van der Waals surface area contributed by atoms with Crippen LogP contribution in [0.2, 0.25) is 0 Å². The lowest BCUT2D eigenvalue weighted by atomic mass is 10.1. The van der Waals surface area contributed by atoms with Crippen LogP contribution < -0.4 is 20.8 Å². The average Bonchev–Trinajstić information content (AvgIpc) is 2.72. The zero-order chi connectivity index (χ0) is 22.6. The van der Waals surface area contributed by atoms with Gasteiger partial charge in [-0.25, -0.2) is 4.98 Å². The van der Waals surface area contributed by atoms with E-state index in [4.69, 9.17) is 10.5 Å². The molecule has 0 bridgehead atoms. The molecule has 3 N–H and O–H groups in total. The standard InChI is InChI=1S/C20H21F3N4O4/c1-12-11-25-18(28)17(26-12)16(10-24)19(29)27-8-6-14(7-9-27)30-13-2-4-15(5-3-13)31-20(21,22)23/h2-5,10-11,14H,6-9,24H2,1H3,(H,25,28). The molecule has 8 nitrogen and oxygen atoms in total. The Morgan fingerprint density at radius 1 is 1.23 bits per heavy atom. The first-order valence-corrected chi connectivity index (χ1v) is 9.46. The van der Waals surface area contributed by atoms with Crippen molar-refractivity contribution in [2.45, 2.75) is 32.2 Å². The number of nitrogens with one attached hydrogen (secondary N) is 1. The van der Waals surface area contributed by atoms with Crippen LogP contribution in [-0.2, 0) is 4.79 Å². The van der Waals surface area contributed by atoms with Crippen molar-refractivity contribution >= 4 is 11.5 Å². The number of aryl methyl sites for hydroxylation is 1. The number of alkyl halides is 3. The minimum Gasteiger partial charge on any atom is -0.490 e. The summed E-state index contributed by atoms with van der Waals surface area (Å²) >= 11 is 0. The fraction of sp³-hybridized carbons (Fsp3) is 0.350. The molecule has 1 fully saturated rings. The quantitative estimate of drug-likeness (QED) is 0.694. The predicted molar refractivity (Wildman–Crippen MR) is 105 cm³/mol. The summed E-state index contributed by atoms with van der Waals surface area (Å²) < 4.78 is 46.3. The van der Waals surface area contributed by atoms with Gasteiger partial charge in [-0.05, 0) is 31.2 Å². The molecule has 1 amide bonds. The molecule has 166 valence electrons. The fourth-order valence-electron chi connectivity index (χ4n) is 3.19. The summed E-state index contributed by atoms with van der Waals surface area (Å²) in [5.41, 5.74) is 5.62. The summed E-state index contributed by atoms with van der Waals surface area (Å²) in [6.45, 7) is 2.41. The highest BCUT2D eigenvalue weighted by Gasteiger charge is 2.31. The van der Waals surface area contributed by atoms with Gasteiger partial charge in [0.1, 0.15) is 23.3 Å². The van der Waals surface area contributed by atoms with Crippen molar-refractivity contribution in [3.63, 3.8) is 0 Å². The Morgan fingerprint density at radius 3 is 2.42 bits per heavy atom. The number of H-pyrrole nitrogens is 1.